The topological polar surface area (TPSA) is 29.1 Å². The maximum Gasteiger partial charge on any atom is 0.251 e. The summed E-state index contributed by atoms with van der Waals surface area (Å²) in [6.45, 7) is 0. The van der Waals surface area contributed by atoms with Gasteiger partial charge in [0.1, 0.15) is 0 Å². The number of benzene rings is 3. The van der Waals surface area contributed by atoms with Crippen molar-refractivity contribution in [3.8, 4) is 0 Å². The molecule has 3 aromatic rings. The predicted molar refractivity (Wildman–Crippen MR) is 98.0 cm³/mol. The molecular formula is C22H21NO. The Labute approximate surface area is 143 Å². The van der Waals surface area contributed by atoms with Crippen molar-refractivity contribution in [3.63, 3.8) is 0 Å². The van der Waals surface area contributed by atoms with Gasteiger partial charge < -0.3 is 5.32 Å². The number of hydrogen-bond donors (Lipinski definition) is 1. The van der Waals surface area contributed by atoms with E-state index in [0.29, 0.717) is 5.56 Å². The molecule has 24 heavy (non-hydrogen) atoms. The highest BCUT2D eigenvalue weighted by molar-refractivity contribution is 5.94. The van der Waals surface area contributed by atoms with E-state index in [0.717, 1.165) is 12.8 Å². The van der Waals surface area contributed by atoms with Gasteiger partial charge in [0.25, 0.3) is 5.91 Å². The fraction of sp³-hybridized carbons (Fsp3) is 0.136. The molecule has 2 nitrogen and oxygen atoms in total. The Kier molecular flexibility index (Phi) is 5.41. The van der Waals surface area contributed by atoms with Crippen molar-refractivity contribution in [1.82, 2.24) is 5.32 Å². The summed E-state index contributed by atoms with van der Waals surface area (Å²) in [5, 5.41) is 3.19. The number of nitrogens with one attached hydrogen (secondary N) is 1. The summed E-state index contributed by atoms with van der Waals surface area (Å²) in [4.78, 5) is 12.5. The zero-order chi connectivity index (χ0) is 16.6. The van der Waals surface area contributed by atoms with Gasteiger partial charge in [0.2, 0.25) is 0 Å². The first-order valence-corrected chi connectivity index (χ1v) is 8.25. The summed E-state index contributed by atoms with van der Waals surface area (Å²) < 4.78 is 0. The van der Waals surface area contributed by atoms with Crippen molar-refractivity contribution in [1.29, 1.82) is 0 Å². The van der Waals surface area contributed by atoms with Crippen LogP contribution in [0.15, 0.2) is 91.0 Å². The number of hydrogen-bond acceptors (Lipinski definition) is 1. The molecule has 0 atom stereocenters. The van der Waals surface area contributed by atoms with Crippen LogP contribution in [0.1, 0.15) is 21.5 Å². The third-order valence-corrected chi connectivity index (χ3v) is 4.02. The van der Waals surface area contributed by atoms with Crippen molar-refractivity contribution >= 4 is 5.91 Å². The largest absolute Gasteiger partial charge is 0.349 e. The van der Waals surface area contributed by atoms with Crippen LogP contribution < -0.4 is 5.32 Å². The first kappa shape index (κ1) is 16.0. The van der Waals surface area contributed by atoms with Crippen LogP contribution in [0.4, 0.5) is 0 Å². The molecule has 0 aliphatic carbocycles. The molecular weight excluding hydrogens is 294 g/mol. The van der Waals surface area contributed by atoms with Gasteiger partial charge in [-0.25, -0.2) is 0 Å². The molecule has 0 spiro atoms. The van der Waals surface area contributed by atoms with Crippen molar-refractivity contribution in [2.75, 3.05) is 0 Å². The van der Waals surface area contributed by atoms with Crippen LogP contribution in [0.25, 0.3) is 0 Å². The minimum Gasteiger partial charge on any atom is -0.349 e. The van der Waals surface area contributed by atoms with Gasteiger partial charge in [-0.3, -0.25) is 4.79 Å². The Morgan fingerprint density at radius 3 is 1.54 bits per heavy atom. The smallest absolute Gasteiger partial charge is 0.251 e. The summed E-state index contributed by atoms with van der Waals surface area (Å²) in [7, 11) is 0. The predicted octanol–water partition coefficient (Wildman–Crippen LogP) is 4.27. The Morgan fingerprint density at radius 1 is 0.667 bits per heavy atom. The lowest BCUT2D eigenvalue weighted by Crippen LogP contribution is -2.38. The number of carbonyl (C=O) groups excluding carboxylic acids is 1. The van der Waals surface area contributed by atoms with Gasteiger partial charge >= 0.3 is 0 Å². The van der Waals surface area contributed by atoms with Crippen molar-refractivity contribution in [2.24, 2.45) is 0 Å². The molecule has 0 aliphatic heterocycles. The fourth-order valence-electron chi connectivity index (χ4n) is 2.83. The molecule has 2 heteroatoms. The second-order valence-electron chi connectivity index (χ2n) is 5.92. The quantitative estimate of drug-likeness (QED) is 0.723. The lowest BCUT2D eigenvalue weighted by Gasteiger charge is -2.19. The molecule has 0 fully saturated rings. The van der Waals surface area contributed by atoms with Crippen LogP contribution in [-0.2, 0) is 12.8 Å². The van der Waals surface area contributed by atoms with E-state index in [1.54, 1.807) is 0 Å². The maximum absolute atomic E-state index is 12.5. The third kappa shape index (κ3) is 4.56. The highest BCUT2D eigenvalue weighted by atomic mass is 16.1. The Balaban J connectivity index is 1.75. The van der Waals surface area contributed by atoms with Crippen LogP contribution in [0, 0.1) is 0 Å². The van der Waals surface area contributed by atoms with Gasteiger partial charge in [-0.2, -0.15) is 0 Å². The average molecular weight is 315 g/mol. The first-order valence-electron chi connectivity index (χ1n) is 8.25. The Bertz CT molecular complexity index is 712. The van der Waals surface area contributed by atoms with E-state index in [4.69, 9.17) is 0 Å². The molecule has 0 aromatic heterocycles. The number of carbonyl (C=O) groups is 1. The SMILES string of the molecule is O=C(NC(Cc1ccccc1)Cc1ccccc1)c1ccccc1. The molecule has 3 aromatic carbocycles. The van der Waals surface area contributed by atoms with Crippen molar-refractivity contribution < 1.29 is 4.79 Å². The summed E-state index contributed by atoms with van der Waals surface area (Å²) in [6, 6.07) is 30.0. The molecule has 0 bridgehead atoms. The summed E-state index contributed by atoms with van der Waals surface area (Å²) in [5.74, 6) is -0.0209. The Morgan fingerprint density at radius 2 is 1.08 bits per heavy atom. The standard InChI is InChI=1S/C22H21NO/c24-22(20-14-8-3-9-15-20)23-21(16-18-10-4-1-5-11-18)17-19-12-6-2-7-13-19/h1-15,21H,16-17H2,(H,23,24). The zero-order valence-corrected chi connectivity index (χ0v) is 13.6. The molecule has 1 amide bonds. The van der Waals surface area contributed by atoms with Crippen LogP contribution in [0.3, 0.4) is 0 Å². The summed E-state index contributed by atoms with van der Waals surface area (Å²) in [6.07, 6.45) is 1.63. The van der Waals surface area contributed by atoms with E-state index in [9.17, 15) is 4.79 Å². The Hall–Kier alpha value is -2.87. The zero-order valence-electron chi connectivity index (χ0n) is 13.6. The molecule has 3 rings (SSSR count). The van der Waals surface area contributed by atoms with E-state index < -0.39 is 0 Å². The first-order chi connectivity index (χ1) is 11.8. The van der Waals surface area contributed by atoms with Gasteiger partial charge in [0.15, 0.2) is 0 Å². The normalized spacial score (nSPS) is 10.5. The van der Waals surface area contributed by atoms with Gasteiger partial charge in [-0.15, -0.1) is 0 Å². The molecule has 0 heterocycles. The second-order valence-corrected chi connectivity index (χ2v) is 5.92. The van der Waals surface area contributed by atoms with Gasteiger partial charge in [0, 0.05) is 11.6 Å². The van der Waals surface area contributed by atoms with Crippen LogP contribution in [0.5, 0.6) is 0 Å². The minimum atomic E-state index is -0.0209. The van der Waals surface area contributed by atoms with Crippen LogP contribution in [-0.4, -0.2) is 11.9 Å². The van der Waals surface area contributed by atoms with Gasteiger partial charge in [0.05, 0.1) is 0 Å². The molecule has 0 saturated heterocycles. The van der Waals surface area contributed by atoms with Crippen molar-refractivity contribution in [3.05, 3.63) is 108 Å². The third-order valence-electron chi connectivity index (χ3n) is 4.02. The lowest BCUT2D eigenvalue weighted by atomic mass is 9.98. The van der Waals surface area contributed by atoms with Gasteiger partial charge in [-0.05, 0) is 36.1 Å². The van der Waals surface area contributed by atoms with E-state index in [1.165, 1.54) is 11.1 Å². The summed E-state index contributed by atoms with van der Waals surface area (Å²) in [5.41, 5.74) is 3.15. The van der Waals surface area contributed by atoms with E-state index in [2.05, 4.69) is 29.6 Å². The van der Waals surface area contributed by atoms with Crippen LogP contribution in [0.2, 0.25) is 0 Å². The lowest BCUT2D eigenvalue weighted by molar-refractivity contribution is 0.0936. The molecule has 0 radical (unpaired) electrons. The fourth-order valence-corrected chi connectivity index (χ4v) is 2.83. The molecule has 0 saturated carbocycles. The maximum atomic E-state index is 12.5. The van der Waals surface area contributed by atoms with Gasteiger partial charge in [-0.1, -0.05) is 78.9 Å². The highest BCUT2D eigenvalue weighted by Gasteiger charge is 2.15. The monoisotopic (exact) mass is 315 g/mol. The van der Waals surface area contributed by atoms with Crippen LogP contribution >= 0.6 is 0 Å². The average Bonchev–Trinajstić information content (AvgIpc) is 2.64. The number of rotatable bonds is 6. The molecule has 0 aliphatic rings. The number of amides is 1. The molecule has 1 N–H and O–H groups in total. The second kappa shape index (κ2) is 8.11. The highest BCUT2D eigenvalue weighted by Crippen LogP contribution is 2.10. The molecule has 0 unspecified atom stereocenters. The van der Waals surface area contributed by atoms with E-state index in [-0.39, 0.29) is 11.9 Å². The van der Waals surface area contributed by atoms with Crippen molar-refractivity contribution in [2.45, 2.75) is 18.9 Å². The van der Waals surface area contributed by atoms with E-state index >= 15 is 0 Å². The van der Waals surface area contributed by atoms with E-state index in [1.807, 2.05) is 66.7 Å². The minimum absolute atomic E-state index is 0.0209. The summed E-state index contributed by atoms with van der Waals surface area (Å²) >= 11 is 0. The molecule has 120 valence electrons.